The van der Waals surface area contributed by atoms with E-state index in [2.05, 4.69) is 22.0 Å². The molecule has 0 saturated carbocycles. The summed E-state index contributed by atoms with van der Waals surface area (Å²) in [5, 5.41) is 0. The van der Waals surface area contributed by atoms with E-state index in [0.717, 1.165) is 49.3 Å². The van der Waals surface area contributed by atoms with E-state index in [1.807, 2.05) is 41.4 Å². The third kappa shape index (κ3) is 2.20. The number of pyridine rings is 1. The van der Waals surface area contributed by atoms with Crippen LogP contribution in [0.25, 0.3) is 0 Å². The summed E-state index contributed by atoms with van der Waals surface area (Å²) in [5.41, 5.74) is 3.14. The van der Waals surface area contributed by atoms with Crippen LogP contribution in [-0.4, -0.2) is 40.3 Å². The largest absolute Gasteiger partial charge is 0.319 e. The molecule has 112 valence electrons. The Hall–Kier alpha value is -2.20. The van der Waals surface area contributed by atoms with Gasteiger partial charge >= 0.3 is 0 Å². The van der Waals surface area contributed by atoms with E-state index in [4.69, 9.17) is 0 Å². The molecule has 1 unspecified atom stereocenters. The number of carbonyl (C=O) groups excluding carboxylic acids is 1. The molecule has 1 aromatic carbocycles. The Bertz CT molecular complexity index is 686. The van der Waals surface area contributed by atoms with Gasteiger partial charge in [-0.1, -0.05) is 24.3 Å². The first kappa shape index (κ1) is 13.5. The summed E-state index contributed by atoms with van der Waals surface area (Å²) in [6, 6.07) is 14.1. The molecule has 2 aliphatic heterocycles. The number of hydrogen-bond donors (Lipinski definition) is 0. The van der Waals surface area contributed by atoms with Crippen molar-refractivity contribution in [1.82, 2.24) is 14.8 Å². The number of rotatable bonds is 3. The summed E-state index contributed by atoms with van der Waals surface area (Å²) in [4.78, 5) is 21.4. The maximum atomic E-state index is 12.5. The smallest absolute Gasteiger partial charge is 0.255 e. The van der Waals surface area contributed by atoms with Crippen LogP contribution in [0.2, 0.25) is 0 Å². The van der Waals surface area contributed by atoms with E-state index in [1.165, 1.54) is 0 Å². The Morgan fingerprint density at radius 2 is 1.95 bits per heavy atom. The second-order valence-electron chi connectivity index (χ2n) is 5.92. The molecule has 1 atom stereocenters. The lowest BCUT2D eigenvalue weighted by Crippen LogP contribution is -2.46. The van der Waals surface area contributed by atoms with Crippen molar-refractivity contribution in [3.63, 3.8) is 0 Å². The summed E-state index contributed by atoms with van der Waals surface area (Å²) in [6.07, 6.45) is 3.91. The second kappa shape index (κ2) is 5.54. The van der Waals surface area contributed by atoms with E-state index in [1.54, 1.807) is 0 Å². The molecule has 4 heteroatoms. The highest BCUT2D eigenvalue weighted by Crippen LogP contribution is 2.38. The van der Waals surface area contributed by atoms with Crippen LogP contribution in [0.4, 0.5) is 0 Å². The summed E-state index contributed by atoms with van der Waals surface area (Å²) in [5.74, 6) is 0.183. The first-order chi connectivity index (χ1) is 10.8. The van der Waals surface area contributed by atoms with Gasteiger partial charge in [0.05, 0.1) is 0 Å². The number of fused-ring (bicyclic) bond motifs is 3. The Labute approximate surface area is 130 Å². The number of aromatic nitrogens is 1. The van der Waals surface area contributed by atoms with Crippen LogP contribution in [0.1, 0.15) is 34.2 Å². The Kier molecular flexibility index (Phi) is 3.39. The molecule has 0 aliphatic carbocycles. The Morgan fingerprint density at radius 3 is 2.82 bits per heavy atom. The van der Waals surface area contributed by atoms with Crippen LogP contribution in [0.15, 0.2) is 48.7 Å². The molecule has 2 aromatic rings. The lowest BCUT2D eigenvalue weighted by atomic mass is 10.1. The number of hydrogen-bond acceptors (Lipinski definition) is 3. The Morgan fingerprint density at radius 1 is 1.09 bits per heavy atom. The van der Waals surface area contributed by atoms with Gasteiger partial charge in [0.1, 0.15) is 6.17 Å². The average Bonchev–Trinajstić information content (AvgIpc) is 2.88. The fourth-order valence-corrected chi connectivity index (χ4v) is 3.57. The molecule has 4 nitrogen and oxygen atoms in total. The van der Waals surface area contributed by atoms with E-state index in [9.17, 15) is 4.79 Å². The van der Waals surface area contributed by atoms with Gasteiger partial charge in [-0.15, -0.1) is 0 Å². The third-order valence-corrected chi connectivity index (χ3v) is 4.60. The number of carbonyl (C=O) groups is 1. The van der Waals surface area contributed by atoms with Gasteiger partial charge in [0.2, 0.25) is 0 Å². The fourth-order valence-electron chi connectivity index (χ4n) is 3.57. The molecule has 0 N–H and O–H groups in total. The fraction of sp³-hybridized carbons (Fsp3) is 0.333. The van der Waals surface area contributed by atoms with Gasteiger partial charge in [-0.3, -0.25) is 14.7 Å². The van der Waals surface area contributed by atoms with Gasteiger partial charge in [-0.05, 0) is 24.6 Å². The number of nitrogens with zero attached hydrogens (tertiary/aromatic N) is 3. The average molecular weight is 293 g/mol. The van der Waals surface area contributed by atoms with Gasteiger partial charge < -0.3 is 4.90 Å². The van der Waals surface area contributed by atoms with Crippen molar-refractivity contribution in [1.29, 1.82) is 0 Å². The van der Waals surface area contributed by atoms with Crippen LogP contribution in [0.3, 0.4) is 0 Å². The van der Waals surface area contributed by atoms with Crippen molar-refractivity contribution in [2.45, 2.75) is 19.0 Å². The maximum Gasteiger partial charge on any atom is 0.255 e. The van der Waals surface area contributed by atoms with E-state index in [-0.39, 0.29) is 12.1 Å². The van der Waals surface area contributed by atoms with Gasteiger partial charge in [0.25, 0.3) is 5.91 Å². The zero-order valence-electron chi connectivity index (χ0n) is 12.5. The molecular formula is C18H19N3O. The van der Waals surface area contributed by atoms with E-state index >= 15 is 0 Å². The van der Waals surface area contributed by atoms with Crippen molar-refractivity contribution in [3.8, 4) is 0 Å². The van der Waals surface area contributed by atoms with Crippen LogP contribution < -0.4 is 0 Å². The lowest BCUT2D eigenvalue weighted by molar-refractivity contribution is 0.0169. The summed E-state index contributed by atoms with van der Waals surface area (Å²) < 4.78 is 0. The topological polar surface area (TPSA) is 36.4 Å². The van der Waals surface area contributed by atoms with Gasteiger partial charge in [0.15, 0.2) is 0 Å². The van der Waals surface area contributed by atoms with Crippen LogP contribution in [-0.2, 0) is 6.42 Å². The van der Waals surface area contributed by atoms with Crippen LogP contribution in [0.5, 0.6) is 0 Å². The maximum absolute atomic E-state index is 12.5. The normalized spacial score (nSPS) is 20.8. The van der Waals surface area contributed by atoms with Crippen molar-refractivity contribution >= 4 is 5.91 Å². The minimum atomic E-state index is 0.112. The van der Waals surface area contributed by atoms with Crippen molar-refractivity contribution in [3.05, 3.63) is 65.5 Å². The lowest BCUT2D eigenvalue weighted by Gasteiger charge is -2.40. The number of amides is 1. The molecule has 2 aliphatic rings. The molecule has 0 spiro atoms. The summed E-state index contributed by atoms with van der Waals surface area (Å²) in [7, 11) is 0. The Balaban J connectivity index is 1.57. The molecular weight excluding hydrogens is 274 g/mol. The van der Waals surface area contributed by atoms with Gasteiger partial charge in [-0.2, -0.15) is 0 Å². The van der Waals surface area contributed by atoms with Crippen molar-refractivity contribution < 1.29 is 4.79 Å². The molecule has 1 aromatic heterocycles. The molecule has 22 heavy (non-hydrogen) atoms. The standard InChI is InChI=1S/C18H19N3O/c22-18-16-8-2-1-7-15(16)17-20(11-5-12-21(17)18)13-9-14-6-3-4-10-19-14/h1-4,6-8,10,17H,5,9,11-13H2. The van der Waals surface area contributed by atoms with Crippen molar-refractivity contribution in [2.24, 2.45) is 0 Å². The monoisotopic (exact) mass is 293 g/mol. The van der Waals surface area contributed by atoms with Crippen LogP contribution in [0, 0.1) is 0 Å². The summed E-state index contributed by atoms with van der Waals surface area (Å²) >= 11 is 0. The highest BCUT2D eigenvalue weighted by Gasteiger charge is 2.41. The zero-order chi connectivity index (χ0) is 14.9. The second-order valence-corrected chi connectivity index (χ2v) is 5.92. The highest BCUT2D eigenvalue weighted by atomic mass is 16.2. The minimum absolute atomic E-state index is 0.112. The van der Waals surface area contributed by atoms with Gasteiger partial charge in [0, 0.05) is 49.1 Å². The SMILES string of the molecule is O=C1c2ccccc2C2N(CCc3ccccn3)CCCN12. The first-order valence-corrected chi connectivity index (χ1v) is 7.88. The molecule has 1 fully saturated rings. The first-order valence-electron chi connectivity index (χ1n) is 7.88. The van der Waals surface area contributed by atoms with Gasteiger partial charge in [-0.25, -0.2) is 0 Å². The number of benzene rings is 1. The van der Waals surface area contributed by atoms with Crippen LogP contribution >= 0.6 is 0 Å². The quantitative estimate of drug-likeness (QED) is 0.872. The van der Waals surface area contributed by atoms with E-state index in [0.29, 0.717) is 0 Å². The molecule has 3 heterocycles. The summed E-state index contributed by atoms with van der Waals surface area (Å²) in [6.45, 7) is 2.83. The molecule has 1 saturated heterocycles. The molecule has 0 radical (unpaired) electrons. The highest BCUT2D eigenvalue weighted by molar-refractivity contribution is 5.99. The molecule has 1 amide bonds. The predicted octanol–water partition coefficient (Wildman–Crippen LogP) is 2.48. The zero-order valence-corrected chi connectivity index (χ0v) is 12.5. The minimum Gasteiger partial charge on any atom is -0.319 e. The predicted molar refractivity (Wildman–Crippen MR) is 84.4 cm³/mol. The van der Waals surface area contributed by atoms with E-state index < -0.39 is 0 Å². The molecule has 4 rings (SSSR count). The molecule has 0 bridgehead atoms. The van der Waals surface area contributed by atoms with Crippen molar-refractivity contribution in [2.75, 3.05) is 19.6 Å². The third-order valence-electron chi connectivity index (χ3n) is 4.60.